The van der Waals surface area contributed by atoms with Crippen LogP contribution >= 0.6 is 0 Å². The van der Waals surface area contributed by atoms with Gasteiger partial charge in [0.1, 0.15) is 0 Å². The first-order valence-electron chi connectivity index (χ1n) is 3.88. The minimum Gasteiger partial charge on any atom is -0.481 e. The van der Waals surface area contributed by atoms with E-state index in [0.29, 0.717) is 0 Å². The van der Waals surface area contributed by atoms with E-state index in [1.165, 1.54) is 6.42 Å². The van der Waals surface area contributed by atoms with Gasteiger partial charge in [-0.3, -0.25) is 4.79 Å². The van der Waals surface area contributed by atoms with Crippen molar-refractivity contribution in [2.45, 2.75) is 39.0 Å². The van der Waals surface area contributed by atoms with Crippen LogP contribution < -0.4 is 0 Å². The van der Waals surface area contributed by atoms with Crippen molar-refractivity contribution in [3.8, 4) is 0 Å². The van der Waals surface area contributed by atoms with Crippen molar-refractivity contribution in [2.24, 2.45) is 5.41 Å². The minimum atomic E-state index is -0.618. The molecule has 1 N–H and O–H groups in total. The van der Waals surface area contributed by atoms with Gasteiger partial charge in [0.15, 0.2) is 0 Å². The Morgan fingerprint density at radius 3 is 2.00 bits per heavy atom. The zero-order valence-electron chi connectivity index (χ0n) is 6.97. The molecule has 11 heavy (non-hydrogen) atoms. The van der Waals surface area contributed by atoms with E-state index in [1.54, 1.807) is 0 Å². The molecule has 0 aromatic carbocycles. The number of carbonyl (C=O) groups is 1. The first-order chi connectivity index (χ1) is 4.65. The fraction of sp³-hybridized carbons (Fsp3) is 0.875. The Hall–Kier alpha value is 0.392. The van der Waals surface area contributed by atoms with E-state index in [9.17, 15) is 4.79 Å². The average Bonchev–Trinajstić information content (AvgIpc) is 1.89. The third kappa shape index (κ3) is 2.72. The summed E-state index contributed by atoms with van der Waals surface area (Å²) in [5.41, 5.74) is -0.405. The molecule has 1 radical (unpaired) electrons. The summed E-state index contributed by atoms with van der Waals surface area (Å²) >= 11 is 0. The maximum Gasteiger partial charge on any atom is 0.309 e. The first-order valence-corrected chi connectivity index (χ1v) is 3.88. The number of hydrogen-bond acceptors (Lipinski definition) is 1. The Kier molecular flexibility index (Phi) is 4.58. The van der Waals surface area contributed by atoms with Gasteiger partial charge in [-0.15, -0.1) is 0 Å². The molecule has 61 valence electrons. The molecular formula is C8H14O2Tl. The fourth-order valence-corrected chi connectivity index (χ4v) is 1.55. The van der Waals surface area contributed by atoms with Crippen LogP contribution in [0.25, 0.3) is 0 Å². The van der Waals surface area contributed by atoms with Crippen LogP contribution in [0.5, 0.6) is 0 Å². The largest absolute Gasteiger partial charge is 0.481 e. The number of carboxylic acid groups (broad SMARTS) is 1. The second-order valence-corrected chi connectivity index (χ2v) is 3.43. The topological polar surface area (TPSA) is 37.3 Å². The van der Waals surface area contributed by atoms with E-state index in [2.05, 4.69) is 0 Å². The van der Waals surface area contributed by atoms with E-state index in [-0.39, 0.29) is 27.3 Å². The van der Waals surface area contributed by atoms with Gasteiger partial charge in [-0.2, -0.15) is 0 Å². The Labute approximate surface area is 87.5 Å². The molecule has 0 spiro atoms. The van der Waals surface area contributed by atoms with Crippen LogP contribution in [0.3, 0.4) is 0 Å². The van der Waals surface area contributed by atoms with Gasteiger partial charge >= 0.3 is 5.97 Å². The predicted octanol–water partition coefficient (Wildman–Crippen LogP) is 1.66. The Morgan fingerprint density at radius 1 is 1.27 bits per heavy atom. The summed E-state index contributed by atoms with van der Waals surface area (Å²) < 4.78 is 0. The van der Waals surface area contributed by atoms with Gasteiger partial charge in [0, 0.05) is 27.3 Å². The summed E-state index contributed by atoms with van der Waals surface area (Å²) in [5, 5.41) is 8.80. The van der Waals surface area contributed by atoms with Crippen LogP contribution in [0.15, 0.2) is 0 Å². The molecule has 0 amide bonds. The summed E-state index contributed by atoms with van der Waals surface area (Å²) in [5.74, 6) is -0.618. The van der Waals surface area contributed by atoms with Crippen LogP contribution in [-0.2, 0) is 4.79 Å². The van der Waals surface area contributed by atoms with Crippen molar-refractivity contribution in [1.82, 2.24) is 0 Å². The number of rotatable bonds is 1. The second kappa shape index (κ2) is 4.43. The molecule has 0 bridgehead atoms. The van der Waals surface area contributed by atoms with Crippen molar-refractivity contribution in [3.63, 3.8) is 0 Å². The van der Waals surface area contributed by atoms with Gasteiger partial charge in [0.2, 0.25) is 0 Å². The quantitative estimate of drug-likeness (QED) is 0.733. The van der Waals surface area contributed by atoms with Crippen molar-refractivity contribution in [2.75, 3.05) is 0 Å². The standard InChI is InChI=1S/C8H14O2.Tl/c1-8(7(9)10)5-3-2-4-6-8;/h2-6H2,1H3,(H,9,10);. The maximum atomic E-state index is 10.7. The zero-order chi connectivity index (χ0) is 7.61. The van der Waals surface area contributed by atoms with Crippen LogP contribution in [0.1, 0.15) is 39.0 Å². The number of hydrogen-bond donors (Lipinski definition) is 1. The van der Waals surface area contributed by atoms with Crippen molar-refractivity contribution in [1.29, 1.82) is 0 Å². The van der Waals surface area contributed by atoms with E-state index in [4.69, 9.17) is 5.11 Å². The maximum absolute atomic E-state index is 10.7. The molecule has 1 saturated carbocycles. The van der Waals surface area contributed by atoms with Gasteiger partial charge in [-0.1, -0.05) is 19.3 Å². The third-order valence-corrected chi connectivity index (χ3v) is 2.47. The molecule has 0 aromatic rings. The SMILES string of the molecule is CC1(C(=O)O)CCCCC1.[Tl]. The molecule has 0 unspecified atom stereocenters. The summed E-state index contributed by atoms with van der Waals surface area (Å²) in [4.78, 5) is 10.7. The van der Waals surface area contributed by atoms with Gasteiger partial charge in [0.05, 0.1) is 5.41 Å². The summed E-state index contributed by atoms with van der Waals surface area (Å²) in [6.45, 7) is 1.86. The van der Waals surface area contributed by atoms with Crippen LogP contribution in [0.4, 0.5) is 0 Å². The first kappa shape index (κ1) is 11.4. The van der Waals surface area contributed by atoms with Gasteiger partial charge in [-0.25, -0.2) is 0 Å². The van der Waals surface area contributed by atoms with Gasteiger partial charge < -0.3 is 5.11 Å². The average molecular weight is 347 g/mol. The molecule has 0 heterocycles. The Bertz CT molecular complexity index is 139. The fourth-order valence-electron chi connectivity index (χ4n) is 1.55. The van der Waals surface area contributed by atoms with E-state index in [1.807, 2.05) is 6.92 Å². The number of aliphatic carboxylic acids is 1. The van der Waals surface area contributed by atoms with E-state index in [0.717, 1.165) is 25.7 Å². The smallest absolute Gasteiger partial charge is 0.309 e. The normalized spacial score (nSPS) is 21.9. The van der Waals surface area contributed by atoms with Crippen LogP contribution in [-0.4, -0.2) is 38.4 Å². The van der Waals surface area contributed by atoms with Crippen molar-refractivity contribution in [3.05, 3.63) is 0 Å². The Morgan fingerprint density at radius 2 is 1.73 bits per heavy atom. The molecular weight excluding hydrogens is 332 g/mol. The molecule has 0 aliphatic heterocycles. The van der Waals surface area contributed by atoms with Crippen molar-refractivity contribution < 1.29 is 9.90 Å². The van der Waals surface area contributed by atoms with Gasteiger partial charge in [-0.05, 0) is 19.8 Å². The van der Waals surface area contributed by atoms with Crippen LogP contribution in [0.2, 0.25) is 0 Å². The molecule has 0 atom stereocenters. The monoisotopic (exact) mass is 347 g/mol. The predicted molar refractivity (Wildman–Crippen MR) is 44.6 cm³/mol. The Balaban J connectivity index is 0.000001000. The summed E-state index contributed by atoms with van der Waals surface area (Å²) in [6, 6.07) is 0. The molecule has 0 saturated heterocycles. The van der Waals surface area contributed by atoms with Crippen molar-refractivity contribution >= 4 is 33.3 Å². The molecule has 2 nitrogen and oxygen atoms in total. The second-order valence-electron chi connectivity index (χ2n) is 3.43. The molecule has 1 fully saturated rings. The number of carboxylic acids is 1. The minimum absolute atomic E-state index is 0. The molecule has 3 heteroatoms. The van der Waals surface area contributed by atoms with E-state index >= 15 is 0 Å². The summed E-state index contributed by atoms with van der Waals surface area (Å²) in [7, 11) is 0. The van der Waals surface area contributed by atoms with Crippen LogP contribution in [0, 0.1) is 5.41 Å². The zero-order valence-corrected chi connectivity index (χ0v) is 11.5. The van der Waals surface area contributed by atoms with Gasteiger partial charge in [0.25, 0.3) is 0 Å². The molecule has 1 rings (SSSR count). The summed E-state index contributed by atoms with van der Waals surface area (Å²) in [6.07, 6.45) is 5.11. The third-order valence-electron chi connectivity index (χ3n) is 2.47. The van der Waals surface area contributed by atoms with E-state index < -0.39 is 11.4 Å². The molecule has 0 aromatic heterocycles. The molecule has 1 aliphatic rings. The molecule has 1 aliphatic carbocycles.